The summed E-state index contributed by atoms with van der Waals surface area (Å²) in [7, 11) is 0. The van der Waals surface area contributed by atoms with Gasteiger partial charge in [0.2, 0.25) is 0 Å². The predicted octanol–water partition coefficient (Wildman–Crippen LogP) is 5.03. The van der Waals surface area contributed by atoms with E-state index in [1.165, 1.54) is 35.5 Å². The van der Waals surface area contributed by atoms with Crippen molar-refractivity contribution in [3.8, 4) is 10.6 Å². The van der Waals surface area contributed by atoms with E-state index >= 15 is 0 Å². The van der Waals surface area contributed by atoms with Gasteiger partial charge in [0.15, 0.2) is 0 Å². The zero-order valence-electron chi connectivity index (χ0n) is 11.3. The highest BCUT2D eigenvalue weighted by Gasteiger charge is 2.26. The smallest absolute Gasteiger partial charge is 0.123 e. The largest absolute Gasteiger partial charge is 0.241 e. The highest BCUT2D eigenvalue weighted by atomic mass is 32.1. The molecular formula is C16H18FNS. The van der Waals surface area contributed by atoms with Crippen LogP contribution in [0.15, 0.2) is 24.3 Å². The molecule has 3 heteroatoms. The van der Waals surface area contributed by atoms with Crippen LogP contribution in [0.3, 0.4) is 0 Å². The zero-order valence-corrected chi connectivity index (χ0v) is 12.1. The summed E-state index contributed by atoms with van der Waals surface area (Å²) in [5.74, 6) is 1.13. The first-order valence-corrected chi connectivity index (χ1v) is 7.72. The number of thiazole rings is 1. The summed E-state index contributed by atoms with van der Waals surface area (Å²) in [5.41, 5.74) is 2.30. The lowest BCUT2D eigenvalue weighted by Crippen LogP contribution is -2.12. The van der Waals surface area contributed by atoms with Gasteiger partial charge in [-0.15, -0.1) is 11.3 Å². The summed E-state index contributed by atoms with van der Waals surface area (Å²) in [6.45, 7) is 4.58. The topological polar surface area (TPSA) is 12.9 Å². The summed E-state index contributed by atoms with van der Waals surface area (Å²) in [5, 5.41) is 1.04. The molecule has 0 spiro atoms. The van der Waals surface area contributed by atoms with Crippen molar-refractivity contribution in [2.75, 3.05) is 0 Å². The summed E-state index contributed by atoms with van der Waals surface area (Å²) in [6.07, 6.45) is 3.61. The molecule has 0 N–H and O–H groups in total. The van der Waals surface area contributed by atoms with Crippen molar-refractivity contribution in [3.63, 3.8) is 0 Å². The highest BCUT2D eigenvalue weighted by molar-refractivity contribution is 7.15. The number of hydrogen-bond acceptors (Lipinski definition) is 2. The SMILES string of the molecule is CC(C)C1CCCc2nc(-c3ccc(F)cc3)sc21. The van der Waals surface area contributed by atoms with Gasteiger partial charge < -0.3 is 0 Å². The molecule has 0 radical (unpaired) electrons. The molecule has 19 heavy (non-hydrogen) atoms. The summed E-state index contributed by atoms with van der Waals surface area (Å²) >= 11 is 1.80. The van der Waals surface area contributed by atoms with Crippen LogP contribution in [0.5, 0.6) is 0 Å². The van der Waals surface area contributed by atoms with E-state index in [1.54, 1.807) is 11.3 Å². The summed E-state index contributed by atoms with van der Waals surface area (Å²) in [4.78, 5) is 6.24. The maximum absolute atomic E-state index is 13.0. The fraction of sp³-hybridized carbons (Fsp3) is 0.438. The Kier molecular flexibility index (Phi) is 3.40. The highest BCUT2D eigenvalue weighted by Crippen LogP contribution is 2.42. The van der Waals surface area contributed by atoms with Crippen LogP contribution in [0.4, 0.5) is 4.39 Å². The Balaban J connectivity index is 1.99. The van der Waals surface area contributed by atoms with Gasteiger partial charge in [-0.25, -0.2) is 9.37 Å². The first-order chi connectivity index (χ1) is 9.15. The van der Waals surface area contributed by atoms with E-state index in [2.05, 4.69) is 13.8 Å². The third kappa shape index (κ3) is 2.44. The minimum atomic E-state index is -0.190. The fourth-order valence-corrected chi connectivity index (χ4v) is 4.23. The lowest BCUT2D eigenvalue weighted by Gasteiger charge is -2.24. The normalized spacial score (nSPS) is 18.6. The number of fused-ring (bicyclic) bond motifs is 1. The van der Waals surface area contributed by atoms with Crippen LogP contribution < -0.4 is 0 Å². The second kappa shape index (κ2) is 5.04. The Bertz CT molecular complexity index is 571. The number of rotatable bonds is 2. The standard InChI is InChI=1S/C16H18FNS/c1-10(2)13-4-3-5-14-15(13)19-16(18-14)11-6-8-12(17)9-7-11/h6-10,13H,3-5H2,1-2H3. The molecule has 1 nitrogen and oxygen atoms in total. The monoisotopic (exact) mass is 275 g/mol. The maximum Gasteiger partial charge on any atom is 0.123 e. The second-order valence-electron chi connectivity index (χ2n) is 5.58. The minimum absolute atomic E-state index is 0.190. The number of hydrogen-bond donors (Lipinski definition) is 0. The molecule has 0 saturated carbocycles. The minimum Gasteiger partial charge on any atom is -0.241 e. The molecule has 1 heterocycles. The number of nitrogens with zero attached hydrogens (tertiary/aromatic N) is 1. The molecule has 0 bridgehead atoms. The van der Waals surface area contributed by atoms with Gasteiger partial charge in [0.1, 0.15) is 10.8 Å². The van der Waals surface area contributed by atoms with E-state index in [1.807, 2.05) is 12.1 Å². The molecule has 1 aromatic heterocycles. The van der Waals surface area contributed by atoms with Crippen molar-refractivity contribution in [2.45, 2.75) is 39.0 Å². The molecule has 0 fully saturated rings. The van der Waals surface area contributed by atoms with Crippen molar-refractivity contribution in [1.29, 1.82) is 0 Å². The Morgan fingerprint density at radius 2 is 2.00 bits per heavy atom. The Labute approximate surface area is 117 Å². The van der Waals surface area contributed by atoms with Crippen molar-refractivity contribution in [3.05, 3.63) is 40.7 Å². The fourth-order valence-electron chi connectivity index (χ4n) is 2.80. The average molecular weight is 275 g/mol. The van der Waals surface area contributed by atoms with Gasteiger partial charge >= 0.3 is 0 Å². The third-order valence-electron chi connectivity index (χ3n) is 3.89. The molecule has 100 valence electrons. The molecule has 1 aliphatic rings. The number of halogens is 1. The van der Waals surface area contributed by atoms with E-state index < -0.39 is 0 Å². The molecule has 2 aromatic rings. The Hall–Kier alpha value is -1.22. The molecule has 3 rings (SSSR count). The lowest BCUT2D eigenvalue weighted by molar-refractivity contribution is 0.438. The van der Waals surface area contributed by atoms with Crippen molar-refractivity contribution >= 4 is 11.3 Å². The van der Waals surface area contributed by atoms with Gasteiger partial charge in [0.05, 0.1) is 5.69 Å². The zero-order chi connectivity index (χ0) is 13.4. The summed E-state index contributed by atoms with van der Waals surface area (Å²) in [6, 6.07) is 6.67. The van der Waals surface area contributed by atoms with Crippen LogP contribution in [-0.4, -0.2) is 4.98 Å². The van der Waals surface area contributed by atoms with E-state index in [4.69, 9.17) is 4.98 Å². The van der Waals surface area contributed by atoms with Crippen LogP contribution in [0.2, 0.25) is 0 Å². The first-order valence-electron chi connectivity index (χ1n) is 6.90. The van der Waals surface area contributed by atoms with Gasteiger partial charge in [0.25, 0.3) is 0 Å². The van der Waals surface area contributed by atoms with Gasteiger partial charge in [-0.2, -0.15) is 0 Å². The van der Waals surface area contributed by atoms with Crippen LogP contribution in [0, 0.1) is 11.7 Å². The number of benzene rings is 1. The van der Waals surface area contributed by atoms with Gasteiger partial charge in [-0.05, 0) is 55.4 Å². The van der Waals surface area contributed by atoms with Gasteiger partial charge in [-0.1, -0.05) is 13.8 Å². The van der Waals surface area contributed by atoms with E-state index in [0.717, 1.165) is 17.0 Å². The third-order valence-corrected chi connectivity index (χ3v) is 5.17. The predicted molar refractivity (Wildman–Crippen MR) is 78.0 cm³/mol. The molecule has 1 unspecified atom stereocenters. The number of aryl methyl sites for hydroxylation is 1. The van der Waals surface area contributed by atoms with Crippen LogP contribution in [0.25, 0.3) is 10.6 Å². The maximum atomic E-state index is 13.0. The first kappa shape index (κ1) is 12.8. The molecule has 0 amide bonds. The number of aromatic nitrogens is 1. The molecular weight excluding hydrogens is 257 g/mol. The Morgan fingerprint density at radius 3 is 2.68 bits per heavy atom. The average Bonchev–Trinajstić information content (AvgIpc) is 2.82. The van der Waals surface area contributed by atoms with Crippen LogP contribution >= 0.6 is 11.3 Å². The van der Waals surface area contributed by atoms with Crippen LogP contribution in [-0.2, 0) is 6.42 Å². The second-order valence-corrected chi connectivity index (χ2v) is 6.61. The van der Waals surface area contributed by atoms with E-state index in [9.17, 15) is 4.39 Å². The van der Waals surface area contributed by atoms with Gasteiger partial charge in [-0.3, -0.25) is 0 Å². The molecule has 0 aliphatic heterocycles. The quantitative estimate of drug-likeness (QED) is 0.749. The van der Waals surface area contributed by atoms with Crippen molar-refractivity contribution in [1.82, 2.24) is 4.98 Å². The van der Waals surface area contributed by atoms with Crippen molar-refractivity contribution in [2.24, 2.45) is 5.92 Å². The molecule has 0 saturated heterocycles. The van der Waals surface area contributed by atoms with Crippen LogP contribution in [0.1, 0.15) is 43.2 Å². The van der Waals surface area contributed by atoms with Gasteiger partial charge in [0, 0.05) is 10.4 Å². The van der Waals surface area contributed by atoms with E-state index in [0.29, 0.717) is 11.8 Å². The summed E-state index contributed by atoms with van der Waals surface area (Å²) < 4.78 is 13.0. The lowest BCUT2D eigenvalue weighted by atomic mass is 9.84. The molecule has 1 aromatic carbocycles. The van der Waals surface area contributed by atoms with E-state index in [-0.39, 0.29) is 5.82 Å². The molecule has 1 aliphatic carbocycles. The van der Waals surface area contributed by atoms with Crippen molar-refractivity contribution < 1.29 is 4.39 Å². The molecule has 1 atom stereocenters. The Morgan fingerprint density at radius 1 is 1.26 bits per heavy atom.